The van der Waals surface area contributed by atoms with Gasteiger partial charge in [0.2, 0.25) is 10.0 Å². The Labute approximate surface area is 174 Å². The van der Waals surface area contributed by atoms with Crippen LogP contribution in [0.3, 0.4) is 0 Å². The lowest BCUT2D eigenvalue weighted by molar-refractivity contribution is 0.0941. The summed E-state index contributed by atoms with van der Waals surface area (Å²) in [6.07, 6.45) is 1.71. The molecule has 1 amide bonds. The number of benzene rings is 2. The highest BCUT2D eigenvalue weighted by molar-refractivity contribution is 9.10. The number of hydrogen-bond donors (Lipinski definition) is 2. The quantitative estimate of drug-likeness (QED) is 0.627. The molecule has 2 aromatic rings. The number of nitrogens with zero attached hydrogens (tertiary/aromatic N) is 1. The fourth-order valence-electron chi connectivity index (χ4n) is 2.89. The van der Waals surface area contributed by atoms with Crippen LogP contribution in [0.2, 0.25) is 0 Å². The molecule has 1 atom stereocenters. The Hall–Kier alpha value is -1.74. The number of nitrogens with one attached hydrogen (secondary N) is 2. The number of sulfonamides is 1. The van der Waals surface area contributed by atoms with E-state index in [1.54, 1.807) is 6.07 Å². The van der Waals surface area contributed by atoms with Crippen LogP contribution in [-0.4, -0.2) is 45.9 Å². The molecule has 150 valence electrons. The van der Waals surface area contributed by atoms with Crippen molar-refractivity contribution in [2.24, 2.45) is 0 Å². The number of halogens is 1. The Bertz CT molecular complexity index is 944. The Morgan fingerprint density at radius 1 is 1.18 bits per heavy atom. The zero-order chi connectivity index (χ0) is 20.3. The van der Waals surface area contributed by atoms with Crippen LogP contribution >= 0.6 is 15.9 Å². The molecule has 8 heteroatoms. The van der Waals surface area contributed by atoms with E-state index in [9.17, 15) is 13.2 Å². The summed E-state index contributed by atoms with van der Waals surface area (Å²) in [7, 11) is 0.293. The van der Waals surface area contributed by atoms with E-state index in [0.717, 1.165) is 18.4 Å². The monoisotopic (exact) mass is 465 g/mol. The summed E-state index contributed by atoms with van der Waals surface area (Å²) in [5, 5.41) is 2.93. The predicted octanol–water partition coefficient (Wildman–Crippen LogP) is 2.92. The first-order chi connectivity index (χ1) is 13.3. The highest BCUT2D eigenvalue weighted by Gasteiger charge is 2.28. The Kier molecular flexibility index (Phi) is 6.54. The highest BCUT2D eigenvalue weighted by atomic mass is 79.9. The molecule has 1 aliphatic rings. The largest absolute Gasteiger partial charge is 0.350 e. The molecule has 2 aromatic carbocycles. The summed E-state index contributed by atoms with van der Waals surface area (Å²) in [6.45, 7) is 0.402. The maximum atomic E-state index is 12.8. The summed E-state index contributed by atoms with van der Waals surface area (Å²) >= 11 is 3.36. The molecule has 0 aromatic heterocycles. The van der Waals surface area contributed by atoms with Crippen LogP contribution in [0, 0.1) is 0 Å². The van der Waals surface area contributed by atoms with E-state index >= 15 is 0 Å². The van der Waals surface area contributed by atoms with Gasteiger partial charge in [-0.05, 0) is 66.6 Å². The molecule has 1 saturated carbocycles. The third kappa shape index (κ3) is 5.20. The fourth-order valence-corrected chi connectivity index (χ4v) is 4.65. The molecule has 0 aliphatic heterocycles. The third-order valence-electron chi connectivity index (χ3n) is 4.66. The van der Waals surface area contributed by atoms with Gasteiger partial charge in [0, 0.05) is 17.1 Å². The third-order valence-corrected chi connectivity index (χ3v) is 6.87. The minimum absolute atomic E-state index is 0.00683. The minimum atomic E-state index is -3.62. The van der Waals surface area contributed by atoms with Crippen molar-refractivity contribution >= 4 is 31.9 Å². The first kappa shape index (κ1) is 21.0. The molecule has 0 heterocycles. The van der Waals surface area contributed by atoms with Crippen molar-refractivity contribution in [2.75, 3.05) is 20.6 Å². The molecule has 0 bridgehead atoms. The first-order valence-electron chi connectivity index (χ1n) is 9.09. The lowest BCUT2D eigenvalue weighted by Crippen LogP contribution is -2.34. The van der Waals surface area contributed by atoms with Gasteiger partial charge >= 0.3 is 0 Å². The Morgan fingerprint density at radius 3 is 2.46 bits per heavy atom. The second-order valence-corrected chi connectivity index (χ2v) is 9.71. The van der Waals surface area contributed by atoms with Crippen molar-refractivity contribution < 1.29 is 13.2 Å². The second kappa shape index (κ2) is 8.73. The standard InChI is InChI=1S/C20H24BrN3O3S/c1-24(2)19(14-6-4-3-5-7-14)13-22-20(25)17-12-16(10-11-18(17)21)28(26,27)23-15-8-9-15/h3-7,10-12,15,19,23H,8-9,13H2,1-2H3,(H,22,25). The Balaban J connectivity index is 1.75. The van der Waals surface area contributed by atoms with Gasteiger partial charge in [0.25, 0.3) is 5.91 Å². The number of amides is 1. The van der Waals surface area contributed by atoms with E-state index < -0.39 is 10.0 Å². The van der Waals surface area contributed by atoms with Gasteiger partial charge in [-0.15, -0.1) is 0 Å². The lowest BCUT2D eigenvalue weighted by atomic mass is 10.1. The van der Waals surface area contributed by atoms with Crippen molar-refractivity contribution in [3.05, 3.63) is 64.1 Å². The summed E-state index contributed by atoms with van der Waals surface area (Å²) in [6, 6.07) is 14.4. The highest BCUT2D eigenvalue weighted by Crippen LogP contribution is 2.25. The van der Waals surface area contributed by atoms with Gasteiger partial charge in [-0.2, -0.15) is 0 Å². The molecular formula is C20H24BrN3O3S. The summed E-state index contributed by atoms with van der Waals surface area (Å²) in [4.78, 5) is 14.9. The van der Waals surface area contributed by atoms with Crippen molar-refractivity contribution in [3.63, 3.8) is 0 Å². The minimum Gasteiger partial charge on any atom is -0.350 e. The van der Waals surface area contributed by atoms with E-state index in [-0.39, 0.29) is 22.9 Å². The van der Waals surface area contributed by atoms with E-state index in [4.69, 9.17) is 0 Å². The van der Waals surface area contributed by atoms with Gasteiger partial charge < -0.3 is 10.2 Å². The van der Waals surface area contributed by atoms with Crippen molar-refractivity contribution in [1.82, 2.24) is 14.9 Å². The van der Waals surface area contributed by atoms with Crippen LogP contribution in [0.25, 0.3) is 0 Å². The SMILES string of the molecule is CN(C)C(CNC(=O)c1cc(S(=O)(=O)NC2CC2)ccc1Br)c1ccccc1. The first-order valence-corrected chi connectivity index (χ1v) is 11.4. The molecule has 0 saturated heterocycles. The number of hydrogen-bond acceptors (Lipinski definition) is 4. The zero-order valence-corrected chi connectivity index (χ0v) is 18.3. The maximum absolute atomic E-state index is 12.8. The van der Waals surface area contributed by atoms with Crippen LogP contribution in [0.5, 0.6) is 0 Å². The fraction of sp³-hybridized carbons (Fsp3) is 0.350. The van der Waals surface area contributed by atoms with Crippen LogP contribution in [0.4, 0.5) is 0 Å². The normalized spacial score (nSPS) is 15.4. The molecule has 0 radical (unpaired) electrons. The Morgan fingerprint density at radius 2 is 1.86 bits per heavy atom. The summed E-state index contributed by atoms with van der Waals surface area (Å²) < 4.78 is 28.1. The molecule has 0 spiro atoms. The van der Waals surface area contributed by atoms with Crippen LogP contribution in [-0.2, 0) is 10.0 Å². The van der Waals surface area contributed by atoms with E-state index in [1.165, 1.54) is 12.1 Å². The number of carbonyl (C=O) groups is 1. The zero-order valence-electron chi connectivity index (χ0n) is 15.9. The summed E-state index contributed by atoms with van der Waals surface area (Å²) in [5.41, 5.74) is 1.39. The molecule has 28 heavy (non-hydrogen) atoms. The van der Waals surface area contributed by atoms with Crippen LogP contribution in [0.1, 0.15) is 34.8 Å². The van der Waals surface area contributed by atoms with Gasteiger partial charge in [0.1, 0.15) is 0 Å². The van der Waals surface area contributed by atoms with Gasteiger partial charge in [0.15, 0.2) is 0 Å². The topological polar surface area (TPSA) is 78.5 Å². The van der Waals surface area contributed by atoms with Gasteiger partial charge in [-0.1, -0.05) is 30.3 Å². The lowest BCUT2D eigenvalue weighted by Gasteiger charge is -2.25. The van der Waals surface area contributed by atoms with Crippen molar-refractivity contribution in [3.8, 4) is 0 Å². The van der Waals surface area contributed by atoms with Crippen molar-refractivity contribution in [1.29, 1.82) is 0 Å². The van der Waals surface area contributed by atoms with Gasteiger partial charge in [-0.25, -0.2) is 13.1 Å². The molecule has 6 nitrogen and oxygen atoms in total. The van der Waals surface area contributed by atoms with E-state index in [2.05, 4.69) is 26.0 Å². The van der Waals surface area contributed by atoms with Gasteiger partial charge in [0.05, 0.1) is 16.5 Å². The maximum Gasteiger partial charge on any atom is 0.252 e. The van der Waals surface area contributed by atoms with Crippen molar-refractivity contribution in [2.45, 2.75) is 29.8 Å². The van der Waals surface area contributed by atoms with Gasteiger partial charge in [-0.3, -0.25) is 4.79 Å². The predicted molar refractivity (Wildman–Crippen MR) is 113 cm³/mol. The second-order valence-electron chi connectivity index (χ2n) is 7.14. The molecular weight excluding hydrogens is 442 g/mol. The number of likely N-dealkylation sites (N-methyl/N-ethyl adjacent to an activating group) is 1. The molecule has 1 fully saturated rings. The van der Waals surface area contributed by atoms with Crippen LogP contribution in [0.15, 0.2) is 57.9 Å². The van der Waals surface area contributed by atoms with E-state index in [1.807, 2.05) is 49.3 Å². The average Bonchev–Trinajstić information content (AvgIpc) is 3.45. The number of rotatable bonds is 8. The molecule has 1 unspecified atom stereocenters. The van der Waals surface area contributed by atoms with Crippen LogP contribution < -0.4 is 10.0 Å². The summed E-state index contributed by atoms with van der Waals surface area (Å²) in [5.74, 6) is -0.321. The average molecular weight is 466 g/mol. The number of carbonyl (C=O) groups excluding carboxylic acids is 1. The molecule has 2 N–H and O–H groups in total. The smallest absolute Gasteiger partial charge is 0.252 e. The van der Waals surface area contributed by atoms with E-state index in [0.29, 0.717) is 16.6 Å². The molecule has 1 aliphatic carbocycles. The molecule has 3 rings (SSSR count).